The lowest BCUT2D eigenvalue weighted by atomic mass is 10.1. The first-order valence-corrected chi connectivity index (χ1v) is 7.11. The van der Waals surface area contributed by atoms with Gasteiger partial charge in [-0.05, 0) is 11.5 Å². The molecular formula is C15H15N3O2S. The van der Waals surface area contributed by atoms with Gasteiger partial charge in [0.2, 0.25) is 0 Å². The van der Waals surface area contributed by atoms with Crippen LogP contribution in [0.5, 0.6) is 0 Å². The van der Waals surface area contributed by atoms with E-state index in [1.807, 2.05) is 30.3 Å². The van der Waals surface area contributed by atoms with Crippen molar-refractivity contribution in [1.29, 1.82) is 0 Å². The molecule has 0 spiro atoms. The van der Waals surface area contributed by atoms with Crippen LogP contribution in [-0.2, 0) is 4.74 Å². The summed E-state index contributed by atoms with van der Waals surface area (Å²) in [5.41, 5.74) is 6.07. The molecule has 1 aromatic carbocycles. The zero-order valence-corrected chi connectivity index (χ0v) is 12.2. The summed E-state index contributed by atoms with van der Waals surface area (Å²) in [6.45, 7) is 1.32. The van der Waals surface area contributed by atoms with Crippen LogP contribution >= 0.6 is 12.2 Å². The lowest BCUT2D eigenvalue weighted by Crippen LogP contribution is -2.50. The first-order valence-electron chi connectivity index (χ1n) is 6.71. The first kappa shape index (κ1) is 13.9. The van der Waals surface area contributed by atoms with E-state index in [2.05, 4.69) is 4.98 Å². The number of nitrogens with zero attached hydrogens (tertiary/aromatic N) is 2. The Hall–Kier alpha value is -2.05. The Labute approximate surface area is 127 Å². The van der Waals surface area contributed by atoms with E-state index >= 15 is 0 Å². The number of carbonyl (C=O) groups is 1. The third-order valence-electron chi connectivity index (χ3n) is 3.55. The molecule has 0 saturated carbocycles. The molecule has 1 unspecified atom stereocenters. The van der Waals surface area contributed by atoms with E-state index in [0.29, 0.717) is 25.4 Å². The fourth-order valence-corrected chi connectivity index (χ4v) is 2.59. The highest BCUT2D eigenvalue weighted by Crippen LogP contribution is 2.19. The molecule has 21 heavy (non-hydrogen) atoms. The number of morpholine rings is 1. The number of rotatable bonds is 2. The molecule has 0 radical (unpaired) electrons. The van der Waals surface area contributed by atoms with Crippen molar-refractivity contribution >= 4 is 33.9 Å². The first-order chi connectivity index (χ1) is 10.2. The number of hydrogen-bond donors (Lipinski definition) is 1. The summed E-state index contributed by atoms with van der Waals surface area (Å²) in [6.07, 6.45) is 1.27. The summed E-state index contributed by atoms with van der Waals surface area (Å²) < 4.78 is 5.46. The van der Waals surface area contributed by atoms with E-state index in [1.54, 1.807) is 11.1 Å². The smallest absolute Gasteiger partial charge is 0.273 e. The van der Waals surface area contributed by atoms with Crippen LogP contribution in [0.4, 0.5) is 0 Å². The van der Waals surface area contributed by atoms with E-state index in [9.17, 15) is 4.79 Å². The molecule has 1 aliphatic rings. The summed E-state index contributed by atoms with van der Waals surface area (Å²) in [7, 11) is 0. The molecule has 2 heterocycles. The summed E-state index contributed by atoms with van der Waals surface area (Å²) in [6, 6.07) is 9.60. The molecular weight excluding hydrogens is 286 g/mol. The molecule has 108 valence electrons. The lowest BCUT2D eigenvalue weighted by Gasteiger charge is -2.32. The predicted molar refractivity (Wildman–Crippen MR) is 84.2 cm³/mol. The molecule has 1 atom stereocenters. The van der Waals surface area contributed by atoms with Crippen LogP contribution in [0.25, 0.3) is 10.8 Å². The molecule has 1 saturated heterocycles. The zero-order chi connectivity index (χ0) is 14.8. The van der Waals surface area contributed by atoms with E-state index in [0.717, 1.165) is 10.8 Å². The Morgan fingerprint density at radius 1 is 1.38 bits per heavy atom. The highest BCUT2D eigenvalue weighted by atomic mass is 32.1. The third-order valence-corrected chi connectivity index (χ3v) is 3.81. The van der Waals surface area contributed by atoms with Crippen molar-refractivity contribution in [2.45, 2.75) is 6.10 Å². The van der Waals surface area contributed by atoms with E-state index in [1.165, 1.54) is 0 Å². The van der Waals surface area contributed by atoms with Crippen LogP contribution in [0.15, 0.2) is 36.5 Å². The second-order valence-corrected chi connectivity index (χ2v) is 5.37. The van der Waals surface area contributed by atoms with Gasteiger partial charge in [-0.3, -0.25) is 9.78 Å². The summed E-state index contributed by atoms with van der Waals surface area (Å²) in [5.74, 6) is -0.114. The Morgan fingerprint density at radius 2 is 2.19 bits per heavy atom. The number of aromatic nitrogens is 1. The standard InChI is InChI=1S/C15H15N3O2S/c16-14(21)12-9-18(7-8-20-12)15(19)13-11-4-2-1-3-10(11)5-6-17-13/h1-6,12H,7-9H2,(H2,16,21). The van der Waals surface area contributed by atoms with E-state index in [4.69, 9.17) is 22.7 Å². The zero-order valence-electron chi connectivity index (χ0n) is 11.4. The lowest BCUT2D eigenvalue weighted by molar-refractivity contribution is 0.00861. The van der Waals surface area contributed by atoms with Crippen LogP contribution in [0, 0.1) is 0 Å². The van der Waals surface area contributed by atoms with Gasteiger partial charge >= 0.3 is 0 Å². The van der Waals surface area contributed by atoms with Crippen molar-refractivity contribution in [2.24, 2.45) is 5.73 Å². The predicted octanol–water partition coefficient (Wildman–Crippen LogP) is 1.36. The van der Waals surface area contributed by atoms with E-state index in [-0.39, 0.29) is 17.0 Å². The molecule has 1 amide bonds. The monoisotopic (exact) mass is 301 g/mol. The van der Waals surface area contributed by atoms with Gasteiger partial charge < -0.3 is 15.4 Å². The number of ether oxygens (including phenoxy) is 1. The minimum absolute atomic E-state index is 0.114. The maximum atomic E-state index is 12.7. The average Bonchev–Trinajstić information content (AvgIpc) is 2.53. The van der Waals surface area contributed by atoms with Gasteiger partial charge in [-0.15, -0.1) is 0 Å². The van der Waals surface area contributed by atoms with Crippen LogP contribution in [-0.4, -0.2) is 46.6 Å². The minimum Gasteiger partial charge on any atom is -0.391 e. The Morgan fingerprint density at radius 3 is 3.00 bits per heavy atom. The normalized spacial score (nSPS) is 18.7. The molecule has 0 bridgehead atoms. The molecule has 3 rings (SSSR count). The van der Waals surface area contributed by atoms with Gasteiger partial charge in [0.25, 0.3) is 5.91 Å². The van der Waals surface area contributed by atoms with E-state index < -0.39 is 0 Å². The summed E-state index contributed by atoms with van der Waals surface area (Å²) in [5, 5.41) is 1.85. The topological polar surface area (TPSA) is 68.5 Å². The maximum Gasteiger partial charge on any atom is 0.273 e. The quantitative estimate of drug-likeness (QED) is 0.848. The largest absolute Gasteiger partial charge is 0.391 e. The SMILES string of the molecule is NC(=S)C1CN(C(=O)c2nccc3ccccc23)CCO1. The second kappa shape index (κ2) is 5.75. The van der Waals surface area contributed by atoms with Crippen LogP contribution in [0.2, 0.25) is 0 Å². The number of thiocarbonyl (C=S) groups is 1. The van der Waals surface area contributed by atoms with Gasteiger partial charge in [0.05, 0.1) is 13.2 Å². The van der Waals surface area contributed by atoms with Crippen molar-refractivity contribution < 1.29 is 9.53 Å². The second-order valence-electron chi connectivity index (χ2n) is 4.89. The fourth-order valence-electron chi connectivity index (χ4n) is 2.45. The molecule has 6 heteroatoms. The summed E-state index contributed by atoms with van der Waals surface area (Å²) in [4.78, 5) is 18.9. The number of amides is 1. The van der Waals surface area contributed by atoms with Gasteiger partial charge in [0, 0.05) is 18.1 Å². The van der Waals surface area contributed by atoms with Crippen molar-refractivity contribution in [3.05, 3.63) is 42.2 Å². The Bertz CT molecular complexity index is 699. The number of fused-ring (bicyclic) bond motifs is 1. The van der Waals surface area contributed by atoms with Gasteiger partial charge in [-0.25, -0.2) is 0 Å². The highest BCUT2D eigenvalue weighted by Gasteiger charge is 2.27. The molecule has 2 aromatic rings. The fraction of sp³-hybridized carbons (Fsp3) is 0.267. The van der Waals surface area contributed by atoms with Gasteiger partial charge in [0.15, 0.2) is 0 Å². The number of pyridine rings is 1. The number of nitrogens with two attached hydrogens (primary N) is 1. The summed E-state index contributed by atoms with van der Waals surface area (Å²) >= 11 is 4.95. The minimum atomic E-state index is -0.382. The van der Waals surface area contributed by atoms with Crippen LogP contribution in [0.3, 0.4) is 0 Å². The molecule has 2 N–H and O–H groups in total. The molecule has 1 fully saturated rings. The molecule has 5 nitrogen and oxygen atoms in total. The number of hydrogen-bond acceptors (Lipinski definition) is 4. The highest BCUT2D eigenvalue weighted by molar-refractivity contribution is 7.80. The Kier molecular flexibility index (Phi) is 3.81. The van der Waals surface area contributed by atoms with Gasteiger partial charge in [-0.2, -0.15) is 0 Å². The maximum absolute atomic E-state index is 12.7. The molecule has 0 aliphatic carbocycles. The third kappa shape index (κ3) is 2.72. The van der Waals surface area contributed by atoms with Crippen LogP contribution in [0.1, 0.15) is 10.5 Å². The van der Waals surface area contributed by atoms with Crippen LogP contribution < -0.4 is 5.73 Å². The Balaban J connectivity index is 1.92. The van der Waals surface area contributed by atoms with Crippen molar-refractivity contribution in [2.75, 3.05) is 19.7 Å². The molecule has 1 aliphatic heterocycles. The van der Waals surface area contributed by atoms with Crippen molar-refractivity contribution in [3.8, 4) is 0 Å². The number of carbonyl (C=O) groups excluding carboxylic acids is 1. The average molecular weight is 301 g/mol. The van der Waals surface area contributed by atoms with Crippen molar-refractivity contribution in [1.82, 2.24) is 9.88 Å². The molecule has 1 aromatic heterocycles. The van der Waals surface area contributed by atoms with Gasteiger partial charge in [-0.1, -0.05) is 36.5 Å². The number of benzene rings is 1. The van der Waals surface area contributed by atoms with Crippen molar-refractivity contribution in [3.63, 3.8) is 0 Å². The van der Waals surface area contributed by atoms with Gasteiger partial charge in [0.1, 0.15) is 16.8 Å².